The van der Waals surface area contributed by atoms with E-state index in [0.29, 0.717) is 6.07 Å². The Bertz CT molecular complexity index is 475. The summed E-state index contributed by atoms with van der Waals surface area (Å²) >= 11 is 0.797. The van der Waals surface area contributed by atoms with Gasteiger partial charge in [0, 0.05) is 13.2 Å². The fourth-order valence-corrected chi connectivity index (χ4v) is 2.55. The maximum Gasteiger partial charge on any atom is 0.439 e. The van der Waals surface area contributed by atoms with E-state index in [1.807, 2.05) is 0 Å². The third-order valence-corrected chi connectivity index (χ3v) is 5.11. The summed E-state index contributed by atoms with van der Waals surface area (Å²) < 4.78 is 34.6. The van der Waals surface area contributed by atoms with Gasteiger partial charge in [0.15, 0.2) is 11.6 Å². The van der Waals surface area contributed by atoms with Gasteiger partial charge in [0.2, 0.25) is 0 Å². The molecule has 6 nitrogen and oxygen atoms in total. The normalized spacial score (nSPS) is 14.1. The van der Waals surface area contributed by atoms with E-state index in [1.54, 1.807) is 0 Å². The van der Waals surface area contributed by atoms with Gasteiger partial charge in [-0.1, -0.05) is 0 Å². The Labute approximate surface area is 101 Å². The molecule has 0 aliphatic rings. The van der Waals surface area contributed by atoms with Crippen LogP contribution in [0.3, 0.4) is 0 Å². The lowest BCUT2D eigenvalue weighted by Gasteiger charge is -2.14. The quantitative estimate of drug-likeness (QED) is 0.468. The number of nitrogens with zero attached hydrogens (tertiary/aromatic N) is 1. The van der Waals surface area contributed by atoms with Gasteiger partial charge in [-0.25, -0.2) is 8.96 Å². The van der Waals surface area contributed by atoms with Crippen LogP contribution >= 0.6 is 18.2 Å². The van der Waals surface area contributed by atoms with Crippen LogP contribution in [0, 0.1) is 15.9 Å². The van der Waals surface area contributed by atoms with Crippen molar-refractivity contribution in [1.29, 1.82) is 0 Å². The number of halogens is 1. The molecule has 0 spiro atoms. The molecule has 0 bridgehead atoms. The lowest BCUT2D eigenvalue weighted by Crippen LogP contribution is -1.95. The topological polar surface area (TPSA) is 78.7 Å². The molecule has 1 rings (SSSR count). The molecule has 0 aromatic heterocycles. The third-order valence-electron chi connectivity index (χ3n) is 1.78. The van der Waals surface area contributed by atoms with Crippen molar-refractivity contribution < 1.29 is 22.9 Å². The molecular formula is C8H9FNO5PS. The van der Waals surface area contributed by atoms with Crippen LogP contribution in [0.1, 0.15) is 0 Å². The molecule has 0 fully saturated rings. The van der Waals surface area contributed by atoms with Crippen LogP contribution in [0.5, 0.6) is 5.75 Å². The summed E-state index contributed by atoms with van der Waals surface area (Å²) in [4.78, 5) is 9.64. The first-order valence-corrected chi connectivity index (χ1v) is 7.64. The van der Waals surface area contributed by atoms with Gasteiger partial charge in [0.05, 0.1) is 11.0 Å². The van der Waals surface area contributed by atoms with Crippen LogP contribution in [-0.2, 0) is 9.09 Å². The minimum Gasteiger partial charge on any atom is -0.414 e. The van der Waals surface area contributed by atoms with Crippen LogP contribution in [0.2, 0.25) is 0 Å². The molecule has 17 heavy (non-hydrogen) atoms. The van der Waals surface area contributed by atoms with Gasteiger partial charge in [-0.05, 0) is 23.7 Å². The van der Waals surface area contributed by atoms with Crippen LogP contribution in [0.15, 0.2) is 18.2 Å². The van der Waals surface area contributed by atoms with Gasteiger partial charge in [-0.2, -0.15) is 0 Å². The molecular weight excluding hydrogens is 272 g/mol. The molecule has 1 unspecified atom stereocenters. The summed E-state index contributed by atoms with van der Waals surface area (Å²) in [6.45, 7) is -3.46. The van der Waals surface area contributed by atoms with E-state index in [0.717, 1.165) is 23.5 Å². The Morgan fingerprint density at radius 3 is 2.59 bits per heavy atom. The smallest absolute Gasteiger partial charge is 0.414 e. The Balaban J connectivity index is 3.01. The number of nitro groups is 1. The summed E-state index contributed by atoms with van der Waals surface area (Å²) in [6, 6.07) is 2.78. The van der Waals surface area contributed by atoms with Crippen molar-refractivity contribution in [1.82, 2.24) is 0 Å². The van der Waals surface area contributed by atoms with E-state index in [4.69, 9.17) is 4.52 Å². The first-order valence-electron chi connectivity index (χ1n) is 4.27. The van der Waals surface area contributed by atoms with Crippen LogP contribution in [0.4, 0.5) is 10.1 Å². The number of nitro benzene ring substituents is 1. The highest BCUT2D eigenvalue weighted by Crippen LogP contribution is 2.58. The average Bonchev–Trinajstić information content (AvgIpc) is 2.31. The van der Waals surface area contributed by atoms with Crippen molar-refractivity contribution in [3.8, 4) is 5.75 Å². The molecule has 0 aliphatic heterocycles. The Morgan fingerprint density at radius 1 is 1.53 bits per heavy atom. The fourth-order valence-electron chi connectivity index (χ4n) is 0.947. The summed E-state index contributed by atoms with van der Waals surface area (Å²) in [5.74, 6) is -1.32. The van der Waals surface area contributed by atoms with Gasteiger partial charge in [-0.15, -0.1) is 0 Å². The molecule has 1 aromatic carbocycles. The first kappa shape index (κ1) is 14.0. The van der Waals surface area contributed by atoms with Gasteiger partial charge < -0.3 is 4.52 Å². The molecule has 1 aromatic rings. The zero-order valence-electron chi connectivity index (χ0n) is 8.95. The minimum atomic E-state index is -3.46. The SMILES string of the molecule is COP(=O)(Oc1ccc([N+](=O)[O-])cc1F)SC. The van der Waals surface area contributed by atoms with Gasteiger partial charge in [0.1, 0.15) is 0 Å². The molecule has 0 heterocycles. The first-order chi connectivity index (χ1) is 7.91. The van der Waals surface area contributed by atoms with E-state index < -0.39 is 23.2 Å². The number of benzene rings is 1. The molecule has 0 aliphatic carbocycles. The molecule has 0 amide bonds. The van der Waals surface area contributed by atoms with Gasteiger partial charge >= 0.3 is 6.80 Å². The number of hydrogen-bond acceptors (Lipinski definition) is 6. The van der Waals surface area contributed by atoms with E-state index in [1.165, 1.54) is 13.4 Å². The standard InChI is InChI=1S/C8H9FNO5PS/c1-14-16(13,17-2)15-8-4-3-6(10(11)12)5-7(8)9/h3-5H,1-2H3. The third kappa shape index (κ3) is 3.42. The molecule has 0 saturated carbocycles. The Kier molecular flexibility index (Phi) is 4.50. The highest BCUT2D eigenvalue weighted by Gasteiger charge is 2.25. The predicted octanol–water partition coefficient (Wildman–Crippen LogP) is 3.23. The van der Waals surface area contributed by atoms with Crippen molar-refractivity contribution in [3.05, 3.63) is 34.1 Å². The summed E-state index contributed by atoms with van der Waals surface area (Å²) in [5.41, 5.74) is -0.411. The highest BCUT2D eigenvalue weighted by molar-refractivity contribution is 8.54. The van der Waals surface area contributed by atoms with E-state index >= 15 is 0 Å². The second-order valence-corrected chi connectivity index (χ2v) is 7.02. The van der Waals surface area contributed by atoms with E-state index in [9.17, 15) is 19.1 Å². The molecule has 0 saturated heterocycles. The van der Waals surface area contributed by atoms with Crippen LogP contribution in [0.25, 0.3) is 0 Å². The van der Waals surface area contributed by atoms with Crippen molar-refractivity contribution in [3.63, 3.8) is 0 Å². The number of non-ortho nitro benzene ring substituents is 1. The molecule has 0 N–H and O–H groups in total. The second-order valence-electron chi connectivity index (χ2n) is 2.78. The van der Waals surface area contributed by atoms with E-state index in [2.05, 4.69) is 4.52 Å². The van der Waals surface area contributed by atoms with Crippen molar-refractivity contribution >= 4 is 23.9 Å². The van der Waals surface area contributed by atoms with E-state index in [-0.39, 0.29) is 5.75 Å². The predicted molar refractivity (Wildman–Crippen MR) is 61.8 cm³/mol. The summed E-state index contributed by atoms with van der Waals surface area (Å²) in [6.07, 6.45) is 1.48. The largest absolute Gasteiger partial charge is 0.439 e. The summed E-state index contributed by atoms with van der Waals surface area (Å²) in [7, 11) is 1.17. The maximum atomic E-state index is 13.4. The van der Waals surface area contributed by atoms with Crippen LogP contribution < -0.4 is 4.52 Å². The molecule has 9 heteroatoms. The monoisotopic (exact) mass is 281 g/mol. The fraction of sp³-hybridized carbons (Fsp3) is 0.250. The zero-order valence-corrected chi connectivity index (χ0v) is 10.7. The highest BCUT2D eigenvalue weighted by atomic mass is 32.7. The number of hydrogen-bond donors (Lipinski definition) is 0. The summed E-state index contributed by atoms with van der Waals surface area (Å²) in [5, 5.41) is 10.4. The Hall–Kier alpha value is -1.11. The Morgan fingerprint density at radius 2 is 2.18 bits per heavy atom. The van der Waals surface area contributed by atoms with Gasteiger partial charge in [0.25, 0.3) is 5.69 Å². The van der Waals surface area contributed by atoms with Crippen LogP contribution in [-0.4, -0.2) is 18.3 Å². The average molecular weight is 281 g/mol. The van der Waals surface area contributed by atoms with Crippen molar-refractivity contribution in [2.24, 2.45) is 0 Å². The zero-order chi connectivity index (χ0) is 13.1. The molecule has 1 atom stereocenters. The van der Waals surface area contributed by atoms with Gasteiger partial charge in [-0.3, -0.25) is 14.6 Å². The molecule has 0 radical (unpaired) electrons. The number of rotatable bonds is 5. The van der Waals surface area contributed by atoms with Crippen molar-refractivity contribution in [2.45, 2.75) is 0 Å². The lowest BCUT2D eigenvalue weighted by molar-refractivity contribution is -0.385. The maximum absolute atomic E-state index is 13.4. The van der Waals surface area contributed by atoms with Crippen molar-refractivity contribution in [2.75, 3.05) is 13.4 Å². The minimum absolute atomic E-state index is 0.352. The second kappa shape index (κ2) is 5.48. The lowest BCUT2D eigenvalue weighted by atomic mass is 10.3. The molecule has 94 valence electrons.